The Labute approximate surface area is 164 Å². The molecular weight excluding hydrogens is 364 g/mol. The standard InChI is InChI=1S/C18H30O3S.C3H6O2/c1-3-5-7-8-9-13-16(12-6-4-2)17-14-10-11-15-18(17)22(19,20)21;1-2-3(4)5/h10-11,14-16H,3-9,12-13H2,1-2H3,(H,19,20,21);2H2,1H3,(H,4,5). The van der Waals surface area contributed by atoms with E-state index in [1.807, 2.05) is 12.1 Å². The van der Waals surface area contributed by atoms with Gasteiger partial charge in [-0.25, -0.2) is 0 Å². The van der Waals surface area contributed by atoms with Crippen LogP contribution in [0.25, 0.3) is 0 Å². The lowest BCUT2D eigenvalue weighted by Gasteiger charge is -2.19. The van der Waals surface area contributed by atoms with Crippen LogP contribution in [0.3, 0.4) is 0 Å². The van der Waals surface area contributed by atoms with Crippen LogP contribution in [0, 0.1) is 0 Å². The quantitative estimate of drug-likeness (QED) is 0.329. The molecule has 1 atom stereocenters. The Balaban J connectivity index is 0.00000119. The molecule has 2 N–H and O–H groups in total. The summed E-state index contributed by atoms with van der Waals surface area (Å²) in [6.45, 7) is 5.95. The molecule has 6 heteroatoms. The molecular formula is C21H36O5S. The van der Waals surface area contributed by atoms with E-state index in [0.717, 1.165) is 37.7 Å². The number of aliphatic carboxylic acids is 1. The molecule has 0 spiro atoms. The molecule has 0 saturated heterocycles. The fourth-order valence-electron chi connectivity index (χ4n) is 2.95. The van der Waals surface area contributed by atoms with Gasteiger partial charge in [-0.1, -0.05) is 83.9 Å². The Morgan fingerprint density at radius 3 is 1.96 bits per heavy atom. The van der Waals surface area contributed by atoms with Gasteiger partial charge in [0.15, 0.2) is 0 Å². The summed E-state index contributed by atoms with van der Waals surface area (Å²) in [4.78, 5) is 9.46. The van der Waals surface area contributed by atoms with Gasteiger partial charge in [0.25, 0.3) is 10.1 Å². The first-order chi connectivity index (χ1) is 12.8. The van der Waals surface area contributed by atoms with Gasteiger partial charge in [-0.05, 0) is 30.4 Å². The van der Waals surface area contributed by atoms with Crippen molar-refractivity contribution in [2.24, 2.45) is 0 Å². The number of carboxylic acid groups (broad SMARTS) is 1. The van der Waals surface area contributed by atoms with E-state index in [-0.39, 0.29) is 17.2 Å². The maximum absolute atomic E-state index is 11.6. The number of carbonyl (C=O) groups is 1. The molecule has 0 saturated carbocycles. The van der Waals surface area contributed by atoms with Gasteiger partial charge in [-0.3, -0.25) is 9.35 Å². The normalized spacial score (nSPS) is 12.1. The van der Waals surface area contributed by atoms with Gasteiger partial charge in [-0.15, -0.1) is 0 Å². The van der Waals surface area contributed by atoms with Gasteiger partial charge in [0, 0.05) is 6.42 Å². The zero-order valence-electron chi connectivity index (χ0n) is 17.0. The average Bonchev–Trinajstić information content (AvgIpc) is 2.64. The fourth-order valence-corrected chi connectivity index (χ4v) is 3.74. The summed E-state index contributed by atoms with van der Waals surface area (Å²) < 4.78 is 32.7. The van der Waals surface area contributed by atoms with Gasteiger partial charge in [0.05, 0.1) is 4.90 Å². The fraction of sp³-hybridized carbons (Fsp3) is 0.667. The zero-order valence-corrected chi connectivity index (χ0v) is 17.8. The van der Waals surface area contributed by atoms with Gasteiger partial charge in [0.2, 0.25) is 0 Å². The van der Waals surface area contributed by atoms with E-state index < -0.39 is 16.1 Å². The van der Waals surface area contributed by atoms with Gasteiger partial charge in [0.1, 0.15) is 0 Å². The van der Waals surface area contributed by atoms with Crippen LogP contribution in [0.1, 0.15) is 96.5 Å². The third-order valence-corrected chi connectivity index (χ3v) is 5.43. The van der Waals surface area contributed by atoms with Crippen molar-refractivity contribution < 1.29 is 22.9 Å². The average molecular weight is 401 g/mol. The van der Waals surface area contributed by atoms with Crippen LogP contribution >= 0.6 is 0 Å². The second-order valence-corrected chi connectivity index (χ2v) is 8.19. The van der Waals surface area contributed by atoms with Crippen molar-refractivity contribution in [3.05, 3.63) is 29.8 Å². The highest BCUT2D eigenvalue weighted by Crippen LogP contribution is 2.32. The van der Waals surface area contributed by atoms with Crippen molar-refractivity contribution in [1.82, 2.24) is 0 Å². The molecule has 0 fully saturated rings. The molecule has 1 unspecified atom stereocenters. The first-order valence-corrected chi connectivity index (χ1v) is 11.5. The molecule has 5 nitrogen and oxygen atoms in total. The minimum absolute atomic E-state index is 0.0876. The number of benzene rings is 1. The van der Waals surface area contributed by atoms with Gasteiger partial charge >= 0.3 is 5.97 Å². The highest BCUT2D eigenvalue weighted by molar-refractivity contribution is 7.85. The van der Waals surface area contributed by atoms with Crippen LogP contribution in [-0.2, 0) is 14.9 Å². The molecule has 0 radical (unpaired) electrons. The second-order valence-electron chi connectivity index (χ2n) is 6.80. The molecule has 0 amide bonds. The molecule has 0 bridgehead atoms. The Hall–Kier alpha value is -1.40. The SMILES string of the molecule is CCC(=O)O.CCCCCCCC(CCCC)c1ccccc1S(=O)(=O)O. The monoisotopic (exact) mass is 400 g/mol. The van der Waals surface area contributed by atoms with E-state index in [1.54, 1.807) is 13.0 Å². The number of rotatable bonds is 12. The molecule has 1 aromatic carbocycles. The predicted octanol–water partition coefficient (Wildman–Crippen LogP) is 6.05. The molecule has 1 aromatic rings. The third-order valence-electron chi connectivity index (χ3n) is 4.50. The summed E-state index contributed by atoms with van der Waals surface area (Å²) in [6.07, 6.45) is 10.4. The molecule has 0 heterocycles. The van der Waals surface area contributed by atoms with E-state index in [9.17, 15) is 17.8 Å². The zero-order chi connectivity index (χ0) is 20.7. The highest BCUT2D eigenvalue weighted by Gasteiger charge is 2.21. The number of unbranched alkanes of at least 4 members (excludes halogenated alkanes) is 5. The Morgan fingerprint density at radius 2 is 1.44 bits per heavy atom. The smallest absolute Gasteiger partial charge is 0.303 e. The van der Waals surface area contributed by atoms with Crippen LogP contribution < -0.4 is 0 Å². The lowest BCUT2D eigenvalue weighted by Crippen LogP contribution is -2.08. The summed E-state index contributed by atoms with van der Waals surface area (Å²) in [5, 5.41) is 7.72. The van der Waals surface area contributed by atoms with Crippen LogP contribution in [0.5, 0.6) is 0 Å². The van der Waals surface area contributed by atoms with Crippen molar-refractivity contribution >= 4 is 16.1 Å². The van der Waals surface area contributed by atoms with E-state index in [0.29, 0.717) is 0 Å². The minimum atomic E-state index is -4.14. The molecule has 1 rings (SSSR count). The summed E-state index contributed by atoms with van der Waals surface area (Å²) in [5.74, 6) is -0.523. The lowest BCUT2D eigenvalue weighted by atomic mass is 9.88. The molecule has 27 heavy (non-hydrogen) atoms. The maximum atomic E-state index is 11.6. The lowest BCUT2D eigenvalue weighted by molar-refractivity contribution is -0.136. The Kier molecular flexibility index (Phi) is 13.9. The summed E-state index contributed by atoms with van der Waals surface area (Å²) in [5.41, 5.74) is 0.786. The van der Waals surface area contributed by atoms with E-state index in [4.69, 9.17) is 5.11 Å². The topological polar surface area (TPSA) is 91.7 Å². The Bertz CT molecular complexity index is 625. The van der Waals surface area contributed by atoms with Crippen molar-refractivity contribution in [3.63, 3.8) is 0 Å². The second kappa shape index (κ2) is 14.6. The van der Waals surface area contributed by atoms with Crippen LogP contribution in [0.2, 0.25) is 0 Å². The van der Waals surface area contributed by atoms with Crippen molar-refractivity contribution in [3.8, 4) is 0 Å². The summed E-state index contributed by atoms with van der Waals surface area (Å²) in [7, 11) is -4.14. The van der Waals surface area contributed by atoms with Crippen LogP contribution in [-0.4, -0.2) is 24.0 Å². The van der Waals surface area contributed by atoms with Crippen molar-refractivity contribution in [1.29, 1.82) is 0 Å². The van der Waals surface area contributed by atoms with Gasteiger partial charge < -0.3 is 5.11 Å². The van der Waals surface area contributed by atoms with E-state index >= 15 is 0 Å². The summed E-state index contributed by atoms with van der Waals surface area (Å²) in [6, 6.07) is 6.90. The summed E-state index contributed by atoms with van der Waals surface area (Å²) >= 11 is 0. The highest BCUT2D eigenvalue weighted by atomic mass is 32.2. The maximum Gasteiger partial charge on any atom is 0.303 e. The largest absolute Gasteiger partial charge is 0.481 e. The van der Waals surface area contributed by atoms with Crippen molar-refractivity contribution in [2.45, 2.75) is 95.8 Å². The molecule has 0 aromatic heterocycles. The predicted molar refractivity (Wildman–Crippen MR) is 110 cm³/mol. The Morgan fingerprint density at radius 1 is 0.926 bits per heavy atom. The molecule has 156 valence electrons. The van der Waals surface area contributed by atoms with Crippen LogP contribution in [0.15, 0.2) is 29.2 Å². The molecule has 0 aliphatic heterocycles. The number of hydrogen-bond acceptors (Lipinski definition) is 3. The first-order valence-electron chi connectivity index (χ1n) is 10.1. The minimum Gasteiger partial charge on any atom is -0.481 e. The number of carboxylic acids is 1. The van der Waals surface area contributed by atoms with Crippen molar-refractivity contribution in [2.75, 3.05) is 0 Å². The first kappa shape index (κ1) is 25.6. The van der Waals surface area contributed by atoms with E-state index in [2.05, 4.69) is 13.8 Å². The molecule has 0 aliphatic carbocycles. The van der Waals surface area contributed by atoms with E-state index in [1.165, 1.54) is 31.7 Å². The third kappa shape index (κ3) is 11.8. The number of hydrogen-bond donors (Lipinski definition) is 2. The van der Waals surface area contributed by atoms with Gasteiger partial charge in [-0.2, -0.15) is 8.42 Å². The van der Waals surface area contributed by atoms with Crippen LogP contribution in [0.4, 0.5) is 0 Å². The molecule has 0 aliphatic rings.